The molecular weight excluding hydrogens is 144 g/mol. The highest BCUT2D eigenvalue weighted by molar-refractivity contribution is 5.26. The number of hydrogen-bond acceptors (Lipinski definition) is 0. The Morgan fingerprint density at radius 1 is 1.42 bits per heavy atom. The minimum atomic E-state index is 0.526. The molecule has 0 radical (unpaired) electrons. The van der Waals surface area contributed by atoms with Gasteiger partial charge in [-0.25, -0.2) is 0 Å². The van der Waals surface area contributed by atoms with Crippen molar-refractivity contribution in [3.63, 3.8) is 0 Å². The van der Waals surface area contributed by atoms with Crippen LogP contribution in [-0.4, -0.2) is 0 Å². The van der Waals surface area contributed by atoms with Crippen LogP contribution in [0.1, 0.15) is 53.9 Å². The highest BCUT2D eigenvalue weighted by Gasteiger charge is 2.35. The molecule has 70 valence electrons. The highest BCUT2D eigenvalue weighted by atomic mass is 14.4. The molecule has 2 atom stereocenters. The van der Waals surface area contributed by atoms with E-state index in [-0.39, 0.29) is 0 Å². The van der Waals surface area contributed by atoms with Gasteiger partial charge in [0.25, 0.3) is 0 Å². The van der Waals surface area contributed by atoms with Crippen molar-refractivity contribution in [2.24, 2.45) is 11.3 Å². The van der Waals surface area contributed by atoms with Crippen LogP contribution in [0.5, 0.6) is 0 Å². The molecule has 0 N–H and O–H groups in total. The molecule has 0 bridgehead atoms. The quantitative estimate of drug-likeness (QED) is 0.540. The number of allylic oxidation sites excluding steroid dienone is 2. The molecule has 0 amide bonds. The molecule has 0 saturated heterocycles. The second-order valence-corrected chi connectivity index (χ2v) is 4.72. The predicted octanol–water partition coefficient (Wildman–Crippen LogP) is 4.17. The normalized spacial score (nSPS) is 36.2. The van der Waals surface area contributed by atoms with E-state index < -0.39 is 0 Å². The number of hydrogen-bond donors (Lipinski definition) is 0. The first-order valence-corrected chi connectivity index (χ1v) is 5.19. The zero-order valence-corrected chi connectivity index (χ0v) is 9.20. The summed E-state index contributed by atoms with van der Waals surface area (Å²) in [5, 5.41) is 0. The lowest BCUT2D eigenvalue weighted by atomic mass is 9.79. The topological polar surface area (TPSA) is 0 Å². The Kier molecular flexibility index (Phi) is 2.65. The van der Waals surface area contributed by atoms with E-state index in [2.05, 4.69) is 34.6 Å². The van der Waals surface area contributed by atoms with Gasteiger partial charge in [-0.3, -0.25) is 0 Å². The van der Waals surface area contributed by atoms with Crippen LogP contribution < -0.4 is 0 Å². The molecule has 2 unspecified atom stereocenters. The van der Waals surface area contributed by atoms with Crippen LogP contribution in [0.3, 0.4) is 0 Å². The molecule has 0 aliphatic heterocycles. The molecule has 1 aliphatic carbocycles. The van der Waals surface area contributed by atoms with Crippen LogP contribution in [-0.2, 0) is 0 Å². The zero-order valence-electron chi connectivity index (χ0n) is 9.20. The van der Waals surface area contributed by atoms with E-state index in [1.54, 1.807) is 11.1 Å². The van der Waals surface area contributed by atoms with Gasteiger partial charge in [-0.2, -0.15) is 0 Å². The maximum atomic E-state index is 2.43. The van der Waals surface area contributed by atoms with Gasteiger partial charge in [0.05, 0.1) is 0 Å². The Morgan fingerprint density at radius 2 is 2.00 bits per heavy atom. The largest absolute Gasteiger partial charge is 0.0710 e. The van der Waals surface area contributed by atoms with Crippen molar-refractivity contribution in [2.75, 3.05) is 0 Å². The lowest BCUT2D eigenvalue weighted by molar-refractivity contribution is 0.330. The van der Waals surface area contributed by atoms with Crippen molar-refractivity contribution in [1.82, 2.24) is 0 Å². The minimum Gasteiger partial charge on any atom is -0.0710 e. The third-order valence-electron chi connectivity index (χ3n) is 3.79. The van der Waals surface area contributed by atoms with E-state index in [4.69, 9.17) is 0 Å². The van der Waals surface area contributed by atoms with E-state index in [1.165, 1.54) is 19.3 Å². The second-order valence-electron chi connectivity index (χ2n) is 4.72. The standard InChI is InChI=1S/C12H22/c1-6-7-12(5)8-9(2)10(3)11(12)4/h9H,6-8H2,1-5H3. The molecule has 0 aromatic heterocycles. The molecule has 1 aliphatic rings. The summed E-state index contributed by atoms with van der Waals surface area (Å²) in [5.41, 5.74) is 3.83. The number of rotatable bonds is 2. The summed E-state index contributed by atoms with van der Waals surface area (Å²) in [5.74, 6) is 0.821. The summed E-state index contributed by atoms with van der Waals surface area (Å²) in [4.78, 5) is 0. The fourth-order valence-electron chi connectivity index (χ4n) is 2.67. The molecule has 0 spiro atoms. The molecule has 0 heterocycles. The van der Waals surface area contributed by atoms with Gasteiger partial charge in [0.2, 0.25) is 0 Å². The monoisotopic (exact) mass is 166 g/mol. The summed E-state index contributed by atoms with van der Waals surface area (Å²) in [6, 6.07) is 0. The summed E-state index contributed by atoms with van der Waals surface area (Å²) in [6.07, 6.45) is 4.05. The van der Waals surface area contributed by atoms with Gasteiger partial charge in [-0.15, -0.1) is 0 Å². The average molecular weight is 166 g/mol. The summed E-state index contributed by atoms with van der Waals surface area (Å²) in [7, 11) is 0. The van der Waals surface area contributed by atoms with Crippen molar-refractivity contribution in [2.45, 2.75) is 53.9 Å². The first-order valence-electron chi connectivity index (χ1n) is 5.19. The minimum absolute atomic E-state index is 0.526. The van der Waals surface area contributed by atoms with Crippen molar-refractivity contribution >= 4 is 0 Å². The van der Waals surface area contributed by atoms with Crippen LogP contribution in [0.25, 0.3) is 0 Å². The van der Waals surface area contributed by atoms with E-state index in [0.717, 1.165) is 5.92 Å². The van der Waals surface area contributed by atoms with E-state index >= 15 is 0 Å². The Labute approximate surface area is 77.1 Å². The SMILES string of the molecule is CCCC1(C)CC(C)C(C)=C1C. The van der Waals surface area contributed by atoms with Gasteiger partial charge >= 0.3 is 0 Å². The van der Waals surface area contributed by atoms with Crippen LogP contribution in [0.4, 0.5) is 0 Å². The molecular formula is C12H22. The van der Waals surface area contributed by atoms with Crippen LogP contribution in [0.15, 0.2) is 11.1 Å². The van der Waals surface area contributed by atoms with E-state index in [0.29, 0.717) is 5.41 Å². The molecule has 0 aromatic rings. The van der Waals surface area contributed by atoms with Gasteiger partial charge < -0.3 is 0 Å². The predicted molar refractivity (Wildman–Crippen MR) is 55.2 cm³/mol. The first kappa shape index (κ1) is 9.83. The van der Waals surface area contributed by atoms with Crippen LogP contribution in [0.2, 0.25) is 0 Å². The van der Waals surface area contributed by atoms with Gasteiger partial charge in [0.15, 0.2) is 0 Å². The lowest BCUT2D eigenvalue weighted by Gasteiger charge is -2.26. The summed E-state index contributed by atoms with van der Waals surface area (Å²) >= 11 is 0. The van der Waals surface area contributed by atoms with Crippen molar-refractivity contribution in [1.29, 1.82) is 0 Å². The molecule has 12 heavy (non-hydrogen) atoms. The van der Waals surface area contributed by atoms with Crippen LogP contribution in [0, 0.1) is 11.3 Å². The Morgan fingerprint density at radius 3 is 2.33 bits per heavy atom. The zero-order chi connectivity index (χ0) is 9.35. The fourth-order valence-corrected chi connectivity index (χ4v) is 2.67. The maximum absolute atomic E-state index is 2.43. The molecule has 0 fully saturated rings. The summed E-state index contributed by atoms with van der Waals surface area (Å²) < 4.78 is 0. The molecule has 0 heteroatoms. The fraction of sp³-hybridized carbons (Fsp3) is 0.833. The summed E-state index contributed by atoms with van der Waals surface area (Å²) in [6.45, 7) is 11.7. The second kappa shape index (κ2) is 3.24. The van der Waals surface area contributed by atoms with Gasteiger partial charge in [0, 0.05) is 0 Å². The van der Waals surface area contributed by atoms with E-state index in [9.17, 15) is 0 Å². The maximum Gasteiger partial charge on any atom is -0.0111 e. The van der Waals surface area contributed by atoms with Crippen molar-refractivity contribution in [3.8, 4) is 0 Å². The third kappa shape index (κ3) is 1.44. The molecule has 0 saturated carbocycles. The Balaban J connectivity index is 2.84. The lowest BCUT2D eigenvalue weighted by Crippen LogP contribution is -2.14. The van der Waals surface area contributed by atoms with Gasteiger partial charge in [-0.1, -0.05) is 38.3 Å². The van der Waals surface area contributed by atoms with Crippen molar-refractivity contribution in [3.05, 3.63) is 11.1 Å². The van der Waals surface area contributed by atoms with Crippen molar-refractivity contribution < 1.29 is 0 Å². The third-order valence-corrected chi connectivity index (χ3v) is 3.79. The molecule has 1 rings (SSSR count). The smallest absolute Gasteiger partial charge is 0.0111 e. The average Bonchev–Trinajstić information content (AvgIpc) is 2.17. The first-order chi connectivity index (χ1) is 5.51. The molecule has 0 nitrogen and oxygen atoms in total. The van der Waals surface area contributed by atoms with Gasteiger partial charge in [0.1, 0.15) is 0 Å². The highest BCUT2D eigenvalue weighted by Crippen LogP contribution is 2.48. The molecule has 0 aromatic carbocycles. The van der Waals surface area contributed by atoms with Crippen LogP contribution >= 0.6 is 0 Å². The Hall–Kier alpha value is -0.260. The van der Waals surface area contributed by atoms with Gasteiger partial charge in [-0.05, 0) is 38.0 Å². The Bertz CT molecular complexity index is 200. The van der Waals surface area contributed by atoms with E-state index in [1.807, 2.05) is 0 Å².